The standard InChI is InChI=1S/C18H21Cl2NO3S/c1-11(2)25(22,23)14-6-8-18(15(10-14)12(3)21-4)24-13-5-7-16(19)17(20)9-13/h5-12,21H,1-4H3. The summed E-state index contributed by atoms with van der Waals surface area (Å²) in [7, 11) is -1.56. The predicted octanol–water partition coefficient (Wildman–Crippen LogP) is 5.25. The van der Waals surface area contributed by atoms with Gasteiger partial charge in [0, 0.05) is 17.7 Å². The highest BCUT2D eigenvalue weighted by Crippen LogP contribution is 2.34. The molecule has 25 heavy (non-hydrogen) atoms. The van der Waals surface area contributed by atoms with Crippen LogP contribution < -0.4 is 10.1 Å². The highest BCUT2D eigenvalue weighted by Gasteiger charge is 2.22. The summed E-state index contributed by atoms with van der Waals surface area (Å²) in [5, 5.41) is 3.45. The molecule has 0 aliphatic carbocycles. The van der Waals surface area contributed by atoms with Crippen molar-refractivity contribution in [2.75, 3.05) is 7.05 Å². The molecule has 0 saturated carbocycles. The summed E-state index contributed by atoms with van der Waals surface area (Å²) in [5.74, 6) is 1.08. The quantitative estimate of drug-likeness (QED) is 0.717. The molecule has 1 unspecified atom stereocenters. The fourth-order valence-electron chi connectivity index (χ4n) is 2.23. The third-order valence-corrected chi connectivity index (χ3v) is 6.84. The van der Waals surface area contributed by atoms with Crippen molar-refractivity contribution in [2.45, 2.75) is 37.0 Å². The second-order valence-corrected chi connectivity index (χ2v) is 9.30. The van der Waals surface area contributed by atoms with Crippen LogP contribution in [-0.4, -0.2) is 20.7 Å². The first-order valence-corrected chi connectivity index (χ1v) is 10.1. The zero-order chi connectivity index (χ0) is 18.8. The number of hydrogen-bond donors (Lipinski definition) is 1. The second-order valence-electron chi connectivity index (χ2n) is 5.98. The van der Waals surface area contributed by atoms with Crippen LogP contribution in [0.3, 0.4) is 0 Å². The van der Waals surface area contributed by atoms with E-state index in [0.29, 0.717) is 21.5 Å². The third-order valence-electron chi connectivity index (χ3n) is 3.95. The fraction of sp³-hybridized carbons (Fsp3) is 0.333. The van der Waals surface area contributed by atoms with Gasteiger partial charge in [0.1, 0.15) is 11.5 Å². The molecule has 2 aromatic carbocycles. The van der Waals surface area contributed by atoms with E-state index in [9.17, 15) is 8.42 Å². The van der Waals surface area contributed by atoms with E-state index in [-0.39, 0.29) is 10.9 Å². The average Bonchev–Trinajstić information content (AvgIpc) is 2.57. The largest absolute Gasteiger partial charge is 0.457 e. The van der Waals surface area contributed by atoms with Crippen LogP contribution in [0.15, 0.2) is 41.3 Å². The van der Waals surface area contributed by atoms with E-state index in [4.69, 9.17) is 27.9 Å². The lowest BCUT2D eigenvalue weighted by atomic mass is 10.1. The highest BCUT2D eigenvalue weighted by atomic mass is 35.5. The van der Waals surface area contributed by atoms with Crippen LogP contribution in [0.1, 0.15) is 32.4 Å². The first-order chi connectivity index (χ1) is 11.7. The van der Waals surface area contributed by atoms with Crippen LogP contribution in [-0.2, 0) is 9.84 Å². The maximum absolute atomic E-state index is 12.5. The Bertz CT molecular complexity index is 867. The normalized spacial score (nSPS) is 13.1. The van der Waals surface area contributed by atoms with E-state index in [2.05, 4.69) is 5.32 Å². The van der Waals surface area contributed by atoms with Gasteiger partial charge in [0.2, 0.25) is 0 Å². The Labute approximate surface area is 159 Å². The first kappa shape index (κ1) is 20.0. The van der Waals surface area contributed by atoms with Crippen LogP contribution in [0.5, 0.6) is 11.5 Å². The van der Waals surface area contributed by atoms with Gasteiger partial charge in [0.15, 0.2) is 9.84 Å². The Hall–Kier alpha value is -1.27. The summed E-state index contributed by atoms with van der Waals surface area (Å²) in [5.41, 5.74) is 0.746. The Morgan fingerprint density at radius 2 is 1.68 bits per heavy atom. The van der Waals surface area contributed by atoms with Gasteiger partial charge in [-0.3, -0.25) is 0 Å². The lowest BCUT2D eigenvalue weighted by molar-refractivity contribution is 0.465. The maximum Gasteiger partial charge on any atom is 0.180 e. The van der Waals surface area contributed by atoms with E-state index in [1.165, 1.54) is 0 Å². The second kappa shape index (κ2) is 7.96. The van der Waals surface area contributed by atoms with Gasteiger partial charge in [0.05, 0.1) is 20.2 Å². The van der Waals surface area contributed by atoms with Crippen molar-refractivity contribution in [2.24, 2.45) is 0 Å². The van der Waals surface area contributed by atoms with E-state index in [0.717, 1.165) is 5.56 Å². The van der Waals surface area contributed by atoms with Gasteiger partial charge < -0.3 is 10.1 Å². The molecule has 1 atom stereocenters. The van der Waals surface area contributed by atoms with Crippen molar-refractivity contribution in [3.8, 4) is 11.5 Å². The Kier molecular flexibility index (Phi) is 6.38. The van der Waals surface area contributed by atoms with Gasteiger partial charge in [-0.15, -0.1) is 0 Å². The highest BCUT2D eigenvalue weighted by molar-refractivity contribution is 7.92. The summed E-state index contributed by atoms with van der Waals surface area (Å²) in [6.07, 6.45) is 0. The molecule has 2 aromatic rings. The van der Waals surface area contributed by atoms with Crippen LogP contribution in [0, 0.1) is 0 Å². The zero-order valence-electron chi connectivity index (χ0n) is 14.5. The van der Waals surface area contributed by atoms with Crippen LogP contribution in [0.2, 0.25) is 10.0 Å². The molecule has 0 amide bonds. The molecule has 0 bridgehead atoms. The minimum atomic E-state index is -3.36. The molecule has 0 spiro atoms. The van der Waals surface area contributed by atoms with Crippen LogP contribution >= 0.6 is 23.2 Å². The van der Waals surface area contributed by atoms with Gasteiger partial charge >= 0.3 is 0 Å². The van der Waals surface area contributed by atoms with Crippen LogP contribution in [0.4, 0.5) is 0 Å². The minimum Gasteiger partial charge on any atom is -0.457 e. The van der Waals surface area contributed by atoms with Gasteiger partial charge in [-0.1, -0.05) is 23.2 Å². The molecule has 0 radical (unpaired) electrons. The van der Waals surface area contributed by atoms with E-state index >= 15 is 0 Å². The molecule has 0 saturated heterocycles. The fourth-order valence-corrected chi connectivity index (χ4v) is 3.61. The molecule has 0 aliphatic heterocycles. The van der Waals surface area contributed by atoms with Crippen molar-refractivity contribution in [3.05, 3.63) is 52.0 Å². The predicted molar refractivity (Wildman–Crippen MR) is 103 cm³/mol. The molecule has 4 nitrogen and oxygen atoms in total. The molecule has 0 heterocycles. The lowest BCUT2D eigenvalue weighted by Crippen LogP contribution is -2.17. The van der Waals surface area contributed by atoms with Crippen molar-refractivity contribution in [1.29, 1.82) is 0 Å². The SMILES string of the molecule is CNC(C)c1cc(S(=O)(=O)C(C)C)ccc1Oc1ccc(Cl)c(Cl)c1. The number of halogens is 2. The van der Waals surface area contributed by atoms with E-state index in [1.54, 1.807) is 57.3 Å². The van der Waals surface area contributed by atoms with Gasteiger partial charge in [-0.05, 0) is 58.2 Å². The third kappa shape index (κ3) is 4.47. The number of hydrogen-bond acceptors (Lipinski definition) is 4. The summed E-state index contributed by atoms with van der Waals surface area (Å²) < 4.78 is 30.8. The van der Waals surface area contributed by atoms with Gasteiger partial charge in [-0.2, -0.15) is 0 Å². The Morgan fingerprint density at radius 1 is 1.00 bits per heavy atom. The van der Waals surface area contributed by atoms with Crippen molar-refractivity contribution < 1.29 is 13.2 Å². The van der Waals surface area contributed by atoms with Gasteiger partial charge in [0.25, 0.3) is 0 Å². The summed E-state index contributed by atoms with van der Waals surface area (Å²) in [6, 6.07) is 9.77. The number of sulfone groups is 1. The maximum atomic E-state index is 12.5. The monoisotopic (exact) mass is 401 g/mol. The molecule has 0 aliphatic rings. The molecule has 7 heteroatoms. The lowest BCUT2D eigenvalue weighted by Gasteiger charge is -2.18. The topological polar surface area (TPSA) is 55.4 Å². The van der Waals surface area contributed by atoms with Crippen LogP contribution in [0.25, 0.3) is 0 Å². The molecule has 2 rings (SSSR count). The molecule has 0 aromatic heterocycles. The zero-order valence-corrected chi connectivity index (χ0v) is 16.8. The first-order valence-electron chi connectivity index (χ1n) is 7.84. The molecule has 0 fully saturated rings. The number of benzene rings is 2. The van der Waals surface area contributed by atoms with Crippen molar-refractivity contribution in [3.63, 3.8) is 0 Å². The molecule has 136 valence electrons. The number of nitrogens with one attached hydrogen (secondary N) is 1. The summed E-state index contributed by atoms with van der Waals surface area (Å²) in [6.45, 7) is 5.26. The molecular weight excluding hydrogens is 381 g/mol. The van der Waals surface area contributed by atoms with E-state index < -0.39 is 15.1 Å². The molecular formula is C18H21Cl2NO3S. The van der Waals surface area contributed by atoms with E-state index in [1.807, 2.05) is 6.92 Å². The van der Waals surface area contributed by atoms with Gasteiger partial charge in [-0.25, -0.2) is 8.42 Å². The Balaban J connectivity index is 2.48. The number of rotatable bonds is 6. The number of ether oxygens (including phenoxy) is 1. The Morgan fingerprint density at radius 3 is 2.24 bits per heavy atom. The smallest absolute Gasteiger partial charge is 0.180 e. The van der Waals surface area contributed by atoms with Crippen molar-refractivity contribution >= 4 is 33.0 Å². The summed E-state index contributed by atoms with van der Waals surface area (Å²) >= 11 is 12.0. The summed E-state index contributed by atoms with van der Waals surface area (Å²) in [4.78, 5) is 0.279. The van der Waals surface area contributed by atoms with Crippen molar-refractivity contribution in [1.82, 2.24) is 5.32 Å². The minimum absolute atomic E-state index is 0.0971. The average molecular weight is 402 g/mol. The molecule has 1 N–H and O–H groups in total.